The van der Waals surface area contributed by atoms with Gasteiger partial charge in [-0.15, -0.1) is 0 Å². The number of amides is 1. The van der Waals surface area contributed by atoms with Gasteiger partial charge < -0.3 is 10.3 Å². The van der Waals surface area contributed by atoms with Crippen molar-refractivity contribution in [2.24, 2.45) is 0 Å². The van der Waals surface area contributed by atoms with E-state index in [-0.39, 0.29) is 17.9 Å². The van der Waals surface area contributed by atoms with Crippen LogP contribution in [0.25, 0.3) is 10.9 Å². The first kappa shape index (κ1) is 15.9. The number of aromatic nitrogens is 2. The van der Waals surface area contributed by atoms with E-state index in [0.717, 1.165) is 12.1 Å². The predicted molar refractivity (Wildman–Crippen MR) is 95.1 cm³/mol. The lowest BCUT2D eigenvalue weighted by atomic mass is 10.1. The molecule has 0 saturated carbocycles. The molecule has 0 unspecified atom stereocenters. The second kappa shape index (κ2) is 7.08. The van der Waals surface area contributed by atoms with Gasteiger partial charge >= 0.3 is 0 Å². The molecular formula is C19H19N3O2. The summed E-state index contributed by atoms with van der Waals surface area (Å²) in [6.45, 7) is 2.07. The molecule has 0 atom stereocenters. The fraction of sp³-hybridized carbons (Fsp3) is 0.211. The number of hydrogen-bond donors (Lipinski definition) is 2. The van der Waals surface area contributed by atoms with Crippen molar-refractivity contribution in [3.63, 3.8) is 0 Å². The number of nitrogens with one attached hydrogen (secondary N) is 2. The quantitative estimate of drug-likeness (QED) is 0.758. The molecule has 1 amide bonds. The third kappa shape index (κ3) is 3.68. The van der Waals surface area contributed by atoms with Crippen LogP contribution in [-0.2, 0) is 17.6 Å². The SMILES string of the molecule is CCc1cccc(NC(=O)CCc2nc3ccccc3c(=O)[nH]2)c1. The second-order valence-electron chi connectivity index (χ2n) is 5.63. The maximum absolute atomic E-state index is 12.1. The molecule has 2 aromatic carbocycles. The summed E-state index contributed by atoms with van der Waals surface area (Å²) in [5, 5.41) is 3.44. The molecule has 24 heavy (non-hydrogen) atoms. The Bertz CT molecular complexity index is 931. The van der Waals surface area contributed by atoms with E-state index < -0.39 is 0 Å². The Labute approximate surface area is 139 Å². The van der Waals surface area contributed by atoms with Crippen molar-refractivity contribution < 1.29 is 4.79 Å². The maximum Gasteiger partial charge on any atom is 0.258 e. The molecule has 0 spiro atoms. The summed E-state index contributed by atoms with van der Waals surface area (Å²) in [5.74, 6) is 0.426. The van der Waals surface area contributed by atoms with E-state index in [2.05, 4.69) is 22.2 Å². The van der Waals surface area contributed by atoms with Crippen LogP contribution < -0.4 is 10.9 Å². The van der Waals surface area contributed by atoms with Gasteiger partial charge in [0.05, 0.1) is 10.9 Å². The number of nitrogens with zero attached hydrogens (tertiary/aromatic N) is 1. The van der Waals surface area contributed by atoms with Gasteiger partial charge in [-0.1, -0.05) is 31.2 Å². The van der Waals surface area contributed by atoms with Crippen LogP contribution >= 0.6 is 0 Å². The molecule has 5 heteroatoms. The van der Waals surface area contributed by atoms with E-state index in [1.54, 1.807) is 18.2 Å². The van der Waals surface area contributed by atoms with Crippen molar-refractivity contribution in [3.8, 4) is 0 Å². The summed E-state index contributed by atoms with van der Waals surface area (Å²) in [4.78, 5) is 31.3. The summed E-state index contributed by atoms with van der Waals surface area (Å²) in [5.41, 5.74) is 2.44. The Morgan fingerprint density at radius 3 is 2.83 bits per heavy atom. The zero-order chi connectivity index (χ0) is 16.9. The molecule has 3 rings (SSSR count). The molecule has 0 fully saturated rings. The Morgan fingerprint density at radius 2 is 2.00 bits per heavy atom. The fourth-order valence-electron chi connectivity index (χ4n) is 2.58. The van der Waals surface area contributed by atoms with Crippen LogP contribution in [0.1, 0.15) is 24.7 Å². The van der Waals surface area contributed by atoms with E-state index in [0.29, 0.717) is 23.1 Å². The molecule has 0 saturated heterocycles. The normalized spacial score (nSPS) is 10.7. The first-order valence-electron chi connectivity index (χ1n) is 8.02. The molecule has 122 valence electrons. The van der Waals surface area contributed by atoms with E-state index in [1.165, 1.54) is 5.56 Å². The molecule has 1 heterocycles. The molecule has 0 bridgehead atoms. The average Bonchev–Trinajstić information content (AvgIpc) is 2.60. The first-order chi connectivity index (χ1) is 11.7. The summed E-state index contributed by atoms with van der Waals surface area (Å²) in [6.07, 6.45) is 1.57. The minimum Gasteiger partial charge on any atom is -0.326 e. The van der Waals surface area contributed by atoms with E-state index in [9.17, 15) is 9.59 Å². The summed E-state index contributed by atoms with van der Waals surface area (Å²) in [7, 11) is 0. The van der Waals surface area contributed by atoms with Crippen molar-refractivity contribution >= 4 is 22.5 Å². The summed E-state index contributed by atoms with van der Waals surface area (Å²) in [6, 6.07) is 15.0. The van der Waals surface area contributed by atoms with E-state index in [4.69, 9.17) is 0 Å². The number of rotatable bonds is 5. The maximum atomic E-state index is 12.1. The van der Waals surface area contributed by atoms with Gasteiger partial charge in [0.2, 0.25) is 5.91 Å². The number of fused-ring (bicyclic) bond motifs is 1. The number of benzene rings is 2. The number of carbonyl (C=O) groups excluding carboxylic acids is 1. The first-order valence-corrected chi connectivity index (χ1v) is 8.02. The van der Waals surface area contributed by atoms with Gasteiger partial charge in [0.1, 0.15) is 5.82 Å². The molecule has 5 nitrogen and oxygen atoms in total. The molecule has 0 aliphatic carbocycles. The molecule has 0 aliphatic heterocycles. The number of aryl methyl sites for hydroxylation is 2. The average molecular weight is 321 g/mol. The largest absolute Gasteiger partial charge is 0.326 e. The summed E-state index contributed by atoms with van der Waals surface area (Å²) >= 11 is 0. The molecule has 3 aromatic rings. The van der Waals surface area contributed by atoms with E-state index >= 15 is 0 Å². The molecule has 0 radical (unpaired) electrons. The van der Waals surface area contributed by atoms with Crippen LogP contribution in [0.2, 0.25) is 0 Å². The minimum atomic E-state index is -0.174. The van der Waals surface area contributed by atoms with Crippen LogP contribution in [0.5, 0.6) is 0 Å². The fourth-order valence-corrected chi connectivity index (χ4v) is 2.58. The highest BCUT2D eigenvalue weighted by Gasteiger charge is 2.07. The van der Waals surface area contributed by atoms with Gasteiger partial charge in [-0.2, -0.15) is 0 Å². The van der Waals surface area contributed by atoms with Gasteiger partial charge in [-0.25, -0.2) is 4.98 Å². The van der Waals surface area contributed by atoms with Gasteiger partial charge in [-0.05, 0) is 36.2 Å². The van der Waals surface area contributed by atoms with Crippen LogP contribution in [0.15, 0.2) is 53.3 Å². The standard InChI is InChI=1S/C19H19N3O2/c1-2-13-6-5-7-14(12-13)20-18(23)11-10-17-21-16-9-4-3-8-15(16)19(24)22-17/h3-9,12H,2,10-11H2,1H3,(H,20,23)(H,21,22,24). The number of carbonyl (C=O) groups is 1. The molecule has 0 aliphatic rings. The number of H-pyrrole nitrogens is 1. The van der Waals surface area contributed by atoms with Gasteiger partial charge in [0, 0.05) is 18.5 Å². The lowest BCUT2D eigenvalue weighted by molar-refractivity contribution is -0.116. The highest BCUT2D eigenvalue weighted by molar-refractivity contribution is 5.90. The van der Waals surface area contributed by atoms with Gasteiger partial charge in [-0.3, -0.25) is 9.59 Å². The van der Waals surface area contributed by atoms with Crippen LogP contribution in [0.4, 0.5) is 5.69 Å². The third-order valence-electron chi connectivity index (χ3n) is 3.87. The Morgan fingerprint density at radius 1 is 1.17 bits per heavy atom. The molecule has 1 aromatic heterocycles. The number of para-hydroxylation sites is 1. The van der Waals surface area contributed by atoms with Crippen molar-refractivity contribution in [2.75, 3.05) is 5.32 Å². The Hall–Kier alpha value is -2.95. The van der Waals surface area contributed by atoms with Crippen molar-refractivity contribution in [1.82, 2.24) is 9.97 Å². The predicted octanol–water partition coefficient (Wildman–Crippen LogP) is 3.06. The van der Waals surface area contributed by atoms with Gasteiger partial charge in [0.25, 0.3) is 5.56 Å². The molecule has 2 N–H and O–H groups in total. The highest BCUT2D eigenvalue weighted by atomic mass is 16.1. The second-order valence-corrected chi connectivity index (χ2v) is 5.63. The monoisotopic (exact) mass is 321 g/mol. The topological polar surface area (TPSA) is 74.8 Å². The lowest BCUT2D eigenvalue weighted by Crippen LogP contribution is -2.16. The van der Waals surface area contributed by atoms with Crippen LogP contribution in [0, 0.1) is 0 Å². The number of hydrogen-bond acceptors (Lipinski definition) is 3. The summed E-state index contributed by atoms with van der Waals surface area (Å²) < 4.78 is 0. The van der Waals surface area contributed by atoms with E-state index in [1.807, 2.05) is 30.3 Å². The minimum absolute atomic E-state index is 0.0981. The zero-order valence-corrected chi connectivity index (χ0v) is 13.5. The smallest absolute Gasteiger partial charge is 0.258 e. The van der Waals surface area contributed by atoms with Crippen molar-refractivity contribution in [2.45, 2.75) is 26.2 Å². The number of anilines is 1. The van der Waals surface area contributed by atoms with Crippen LogP contribution in [0.3, 0.4) is 0 Å². The molecular weight excluding hydrogens is 302 g/mol. The van der Waals surface area contributed by atoms with Crippen molar-refractivity contribution in [1.29, 1.82) is 0 Å². The Balaban J connectivity index is 1.67. The third-order valence-corrected chi connectivity index (χ3v) is 3.87. The number of aromatic amines is 1. The lowest BCUT2D eigenvalue weighted by Gasteiger charge is -2.07. The van der Waals surface area contributed by atoms with Crippen molar-refractivity contribution in [3.05, 3.63) is 70.3 Å². The van der Waals surface area contributed by atoms with Crippen LogP contribution in [-0.4, -0.2) is 15.9 Å². The highest BCUT2D eigenvalue weighted by Crippen LogP contribution is 2.12. The zero-order valence-electron chi connectivity index (χ0n) is 13.5. The van der Waals surface area contributed by atoms with Gasteiger partial charge in [0.15, 0.2) is 0 Å². The Kier molecular flexibility index (Phi) is 4.70.